The quantitative estimate of drug-likeness (QED) is 0.245. The minimum atomic E-state index is -1.53. The zero-order valence-corrected chi connectivity index (χ0v) is 21.2. The number of ketones is 1. The summed E-state index contributed by atoms with van der Waals surface area (Å²) in [5.74, 6) is -1.70. The van der Waals surface area contributed by atoms with E-state index in [9.17, 15) is 40.5 Å². The molecule has 1 spiro atoms. The summed E-state index contributed by atoms with van der Waals surface area (Å²) in [7, 11) is 0. The highest BCUT2D eigenvalue weighted by Crippen LogP contribution is 2.71. The highest BCUT2D eigenvalue weighted by molar-refractivity contribution is 5.92. The van der Waals surface area contributed by atoms with E-state index in [0.717, 1.165) is 19.3 Å². The van der Waals surface area contributed by atoms with Crippen molar-refractivity contribution in [1.29, 1.82) is 0 Å². The molecule has 0 aromatic rings. The van der Waals surface area contributed by atoms with Crippen LogP contribution in [0.5, 0.6) is 0 Å². The lowest BCUT2D eigenvalue weighted by atomic mass is 9.39. The van der Waals surface area contributed by atoms with Crippen molar-refractivity contribution in [2.24, 2.45) is 39.9 Å². The van der Waals surface area contributed by atoms with E-state index in [1.54, 1.807) is 6.92 Å². The Kier molecular flexibility index (Phi) is 6.67. The predicted octanol–water partition coefficient (Wildman–Crippen LogP) is -1.06. The lowest BCUT2D eigenvalue weighted by Crippen LogP contribution is -2.69. The fourth-order valence-corrected chi connectivity index (χ4v) is 9.29. The van der Waals surface area contributed by atoms with Gasteiger partial charge in [0, 0.05) is 11.8 Å². The Bertz CT molecular complexity index is 868. The molecule has 5 rings (SSSR count). The normalized spacial score (nSPS) is 58.9. The first-order valence-corrected chi connectivity index (χ1v) is 13.3. The van der Waals surface area contributed by atoms with Crippen LogP contribution in [0.4, 0.5) is 0 Å². The molecule has 7 N–H and O–H groups in total. The van der Waals surface area contributed by atoms with Crippen LogP contribution < -0.4 is 0 Å². The molecule has 1 aliphatic heterocycles. The molecule has 0 radical (unpaired) electrons. The number of carbonyl (C=O) groups excluding carboxylic acids is 1. The van der Waals surface area contributed by atoms with Crippen LogP contribution in [0, 0.1) is 39.9 Å². The number of hydrogen-bond acceptors (Lipinski definition) is 10. The zero-order valence-electron chi connectivity index (χ0n) is 21.2. The number of Topliss-reactive ketones (excluding diaryl/α,β-unsaturated/α-hetero) is 1. The first-order valence-electron chi connectivity index (χ1n) is 13.3. The van der Waals surface area contributed by atoms with Crippen molar-refractivity contribution in [3.8, 4) is 0 Å². The molecule has 0 aromatic carbocycles. The third-order valence-electron chi connectivity index (χ3n) is 11.1. The molecule has 10 heteroatoms. The summed E-state index contributed by atoms with van der Waals surface area (Å²) in [4.78, 5) is 13.6. The molecule has 1 saturated heterocycles. The van der Waals surface area contributed by atoms with Gasteiger partial charge in [-0.1, -0.05) is 27.2 Å². The highest BCUT2D eigenvalue weighted by Gasteiger charge is 2.76. The smallest absolute Gasteiger partial charge is 0.186 e. The van der Waals surface area contributed by atoms with Gasteiger partial charge in [0.25, 0.3) is 0 Å². The molecule has 2 bridgehead atoms. The predicted molar refractivity (Wildman–Crippen MR) is 124 cm³/mol. The number of hydrogen-bond donors (Lipinski definition) is 7. The third kappa shape index (κ3) is 3.39. The van der Waals surface area contributed by atoms with E-state index in [-0.39, 0.29) is 24.2 Å². The van der Waals surface area contributed by atoms with Gasteiger partial charge < -0.3 is 45.2 Å². The highest BCUT2D eigenvalue weighted by atomic mass is 16.7. The van der Waals surface area contributed by atoms with Crippen molar-refractivity contribution in [3.05, 3.63) is 0 Å². The second-order valence-electron chi connectivity index (χ2n) is 12.8. The maximum absolute atomic E-state index is 13.6. The van der Waals surface area contributed by atoms with Gasteiger partial charge in [0.15, 0.2) is 6.29 Å². The molecule has 15 atom stereocenters. The van der Waals surface area contributed by atoms with E-state index >= 15 is 0 Å². The molecule has 5 aliphatic rings. The molecule has 206 valence electrons. The second-order valence-corrected chi connectivity index (χ2v) is 12.8. The summed E-state index contributed by atoms with van der Waals surface area (Å²) < 4.78 is 11.5. The van der Waals surface area contributed by atoms with E-state index in [0.29, 0.717) is 12.8 Å². The van der Waals surface area contributed by atoms with Crippen LogP contribution in [0.2, 0.25) is 0 Å². The molecule has 5 fully saturated rings. The number of aliphatic hydroxyl groups excluding tert-OH is 7. The molecule has 0 unspecified atom stereocenters. The maximum atomic E-state index is 13.6. The molecule has 1 heterocycles. The number of fused-ring (bicyclic) bond motifs is 3. The van der Waals surface area contributed by atoms with Crippen molar-refractivity contribution in [3.63, 3.8) is 0 Å². The van der Waals surface area contributed by atoms with E-state index in [2.05, 4.69) is 6.92 Å². The standard InChI is InChI=1S/C26H42O10/c1-11-17-12(28)7-15-25(3)6-4-5-24(2,14(25)8-16(29)26(15,21(11)33)22(17)34)10-35-23-20(32)19(31)18(30)13(9-27)36-23/h11-20,22-23,27-32,34H,4-10H2,1-3H3/t11-,12+,13+,14-,15+,16-,17-,18+,19-,20+,22-,23+,24-,25-,26+/m1/s1. The minimum absolute atomic E-state index is 0.103. The largest absolute Gasteiger partial charge is 0.394 e. The summed E-state index contributed by atoms with van der Waals surface area (Å²) in [6.45, 7) is 5.48. The molecule has 4 saturated carbocycles. The van der Waals surface area contributed by atoms with Gasteiger partial charge in [-0.15, -0.1) is 0 Å². The van der Waals surface area contributed by atoms with E-state index in [4.69, 9.17) is 9.47 Å². The SMILES string of the molecule is C[C@H]1C(=O)[C@@]23[C@H](O)C[C@@H]4[C@@](C)(CO[C@H]5O[C@@H](CO)[C@H](O)[C@@H](O)[C@@H]5O)CCC[C@@]4(C)[C@@H]2C[C@H](O)[C@@H]1[C@H]3O. The average molecular weight is 515 g/mol. The topological polar surface area (TPSA) is 177 Å². The Labute approximate surface area is 211 Å². The van der Waals surface area contributed by atoms with Crippen molar-refractivity contribution >= 4 is 5.78 Å². The van der Waals surface area contributed by atoms with Crippen molar-refractivity contribution < 1.29 is 50.0 Å². The summed E-state index contributed by atoms with van der Waals surface area (Å²) in [6, 6.07) is 0. The monoisotopic (exact) mass is 514 g/mol. The fraction of sp³-hybridized carbons (Fsp3) is 0.962. The lowest BCUT2D eigenvalue weighted by Gasteiger charge is -2.66. The average Bonchev–Trinajstić information content (AvgIpc) is 2.96. The molecule has 36 heavy (non-hydrogen) atoms. The number of aliphatic hydroxyl groups is 7. The lowest BCUT2D eigenvalue weighted by molar-refractivity contribution is -0.312. The maximum Gasteiger partial charge on any atom is 0.186 e. The van der Waals surface area contributed by atoms with Crippen molar-refractivity contribution in [1.82, 2.24) is 0 Å². The Hall–Kier alpha value is -0.690. The summed E-state index contributed by atoms with van der Waals surface area (Å²) >= 11 is 0. The number of rotatable bonds is 4. The van der Waals surface area contributed by atoms with E-state index in [1.165, 1.54) is 0 Å². The van der Waals surface area contributed by atoms with Crippen LogP contribution in [-0.4, -0.2) is 104 Å². The summed E-state index contributed by atoms with van der Waals surface area (Å²) in [6.07, 6.45) is -6.74. The van der Waals surface area contributed by atoms with Gasteiger partial charge in [-0.25, -0.2) is 0 Å². The van der Waals surface area contributed by atoms with Gasteiger partial charge >= 0.3 is 0 Å². The van der Waals surface area contributed by atoms with Crippen LogP contribution in [0.15, 0.2) is 0 Å². The van der Waals surface area contributed by atoms with Crippen molar-refractivity contribution in [2.45, 2.75) is 102 Å². The Morgan fingerprint density at radius 1 is 0.972 bits per heavy atom. The van der Waals surface area contributed by atoms with E-state index in [1.807, 2.05) is 6.92 Å². The molecular weight excluding hydrogens is 472 g/mol. The molecule has 4 aliphatic carbocycles. The molecular formula is C26H42O10. The molecule has 10 nitrogen and oxygen atoms in total. The Balaban J connectivity index is 1.42. The van der Waals surface area contributed by atoms with Gasteiger partial charge in [0.05, 0.1) is 36.9 Å². The Morgan fingerprint density at radius 2 is 1.67 bits per heavy atom. The van der Waals surface area contributed by atoms with Crippen molar-refractivity contribution in [2.75, 3.05) is 13.2 Å². The number of ether oxygens (including phenoxy) is 2. The van der Waals surface area contributed by atoms with Gasteiger partial charge in [0.2, 0.25) is 0 Å². The van der Waals surface area contributed by atoms with E-state index < -0.39 is 83.7 Å². The minimum Gasteiger partial charge on any atom is -0.394 e. The molecule has 0 aromatic heterocycles. The second kappa shape index (κ2) is 8.93. The first kappa shape index (κ1) is 26.9. The third-order valence-corrected chi connectivity index (χ3v) is 11.1. The van der Waals surface area contributed by atoms with Crippen LogP contribution in [0.25, 0.3) is 0 Å². The van der Waals surface area contributed by atoms with Gasteiger partial charge in [-0.3, -0.25) is 4.79 Å². The van der Waals surface area contributed by atoms with Crippen LogP contribution in [0.1, 0.15) is 52.9 Å². The first-order chi connectivity index (χ1) is 16.8. The number of carbonyl (C=O) groups is 1. The van der Waals surface area contributed by atoms with Crippen LogP contribution in [0.3, 0.4) is 0 Å². The Morgan fingerprint density at radius 3 is 2.33 bits per heavy atom. The zero-order chi connectivity index (χ0) is 26.4. The van der Waals surface area contributed by atoms with Gasteiger partial charge in [-0.05, 0) is 48.3 Å². The summed E-state index contributed by atoms with van der Waals surface area (Å²) in [5, 5.41) is 74.0. The van der Waals surface area contributed by atoms with Gasteiger partial charge in [0.1, 0.15) is 30.2 Å². The molecule has 0 amide bonds. The van der Waals surface area contributed by atoms with Gasteiger partial charge in [-0.2, -0.15) is 0 Å². The summed E-state index contributed by atoms with van der Waals surface area (Å²) in [5.41, 5.74) is -2.21. The fourth-order valence-electron chi connectivity index (χ4n) is 9.29. The van der Waals surface area contributed by atoms with Crippen LogP contribution >= 0.6 is 0 Å². The van der Waals surface area contributed by atoms with Crippen LogP contribution in [-0.2, 0) is 14.3 Å².